The highest BCUT2D eigenvalue weighted by atomic mass is 15.2. The van der Waals surface area contributed by atoms with Crippen molar-refractivity contribution in [2.45, 2.75) is 44.6 Å². The van der Waals surface area contributed by atoms with Crippen LogP contribution in [0.4, 0.5) is 11.4 Å². The lowest BCUT2D eigenvalue weighted by Crippen LogP contribution is -2.48. The molecule has 2 fully saturated rings. The Balaban J connectivity index is 1.33. The van der Waals surface area contributed by atoms with E-state index in [1.807, 2.05) is 6.07 Å². The molecule has 0 amide bonds. The molecule has 3 aliphatic heterocycles. The average Bonchev–Trinajstić information content (AvgIpc) is 3.01. The first-order valence-corrected chi connectivity index (χ1v) is 14.9. The standard InChI is InChI=1S/C35H37N5/c1-3-13-27(14-4-1)37-31-24-32-35(40(28-15-5-2-6-16-28)34-19-8-7-17-29(34)38-32)25-30(31)36-21-20-26-12-11-23-39-22-10-9-18-33(26)39/h1-8,13-17,19,24-26,33,37H,9-12,18,20-23H2/t26-,33-/m1/s1. The van der Waals surface area contributed by atoms with E-state index < -0.39 is 0 Å². The Bertz CT molecular complexity index is 1620. The van der Waals surface area contributed by atoms with Gasteiger partial charge in [0.2, 0.25) is 0 Å². The maximum Gasteiger partial charge on any atom is 0.0900 e. The van der Waals surface area contributed by atoms with Crippen molar-refractivity contribution in [3.8, 4) is 17.1 Å². The lowest BCUT2D eigenvalue weighted by Gasteiger charge is -2.44. The number of hydrogen-bond acceptors (Lipinski definition) is 4. The third-order valence-corrected chi connectivity index (χ3v) is 8.78. The van der Waals surface area contributed by atoms with Gasteiger partial charge in [-0.25, -0.2) is 4.98 Å². The number of nitrogens with one attached hydrogen (secondary N) is 1. The first-order chi connectivity index (χ1) is 19.8. The van der Waals surface area contributed by atoms with E-state index in [2.05, 4.69) is 106 Å². The fourth-order valence-corrected chi connectivity index (χ4v) is 6.87. The number of para-hydroxylation sites is 4. The second kappa shape index (κ2) is 11.3. The molecule has 3 aromatic rings. The van der Waals surface area contributed by atoms with Crippen LogP contribution in [0.3, 0.4) is 0 Å². The number of fused-ring (bicyclic) bond motifs is 3. The molecule has 4 aliphatic rings. The van der Waals surface area contributed by atoms with E-state index in [0.717, 1.165) is 69.8 Å². The summed E-state index contributed by atoms with van der Waals surface area (Å²) < 4.78 is 2.32. The molecule has 5 heteroatoms. The van der Waals surface area contributed by atoms with E-state index in [-0.39, 0.29) is 0 Å². The number of hydrogen-bond donors (Lipinski definition) is 1. The van der Waals surface area contributed by atoms with Crippen molar-refractivity contribution >= 4 is 22.4 Å². The van der Waals surface area contributed by atoms with Crippen molar-refractivity contribution in [3.63, 3.8) is 0 Å². The molecule has 2 atom stereocenters. The van der Waals surface area contributed by atoms with Crippen molar-refractivity contribution in [2.24, 2.45) is 10.9 Å². The van der Waals surface area contributed by atoms with Crippen LogP contribution in [0.25, 0.3) is 28.1 Å². The highest BCUT2D eigenvalue weighted by Gasteiger charge is 2.32. The zero-order valence-corrected chi connectivity index (χ0v) is 23.0. The summed E-state index contributed by atoms with van der Waals surface area (Å²) in [5.41, 5.74) is 7.27. The van der Waals surface area contributed by atoms with E-state index in [4.69, 9.17) is 9.98 Å². The van der Waals surface area contributed by atoms with E-state index >= 15 is 0 Å². The normalized spacial score (nSPS) is 20.1. The van der Waals surface area contributed by atoms with Crippen molar-refractivity contribution in [1.29, 1.82) is 0 Å². The van der Waals surface area contributed by atoms with Crippen LogP contribution in [0.15, 0.2) is 102 Å². The third kappa shape index (κ3) is 5.02. The average molecular weight is 528 g/mol. The number of anilines is 2. The van der Waals surface area contributed by atoms with Gasteiger partial charge < -0.3 is 14.8 Å². The monoisotopic (exact) mass is 527 g/mol. The number of aromatic nitrogens is 2. The summed E-state index contributed by atoms with van der Waals surface area (Å²) in [6.07, 6.45) is 7.92. The van der Waals surface area contributed by atoms with Crippen LogP contribution >= 0.6 is 0 Å². The Hall–Kier alpha value is -3.96. The maximum absolute atomic E-state index is 5.28. The highest BCUT2D eigenvalue weighted by molar-refractivity contribution is 5.84. The zero-order valence-electron chi connectivity index (χ0n) is 23.0. The predicted molar refractivity (Wildman–Crippen MR) is 164 cm³/mol. The summed E-state index contributed by atoms with van der Waals surface area (Å²) >= 11 is 0. The number of benzene rings is 4. The van der Waals surface area contributed by atoms with Crippen molar-refractivity contribution in [3.05, 3.63) is 102 Å². The summed E-state index contributed by atoms with van der Waals surface area (Å²) in [6, 6.07) is 34.5. The Morgan fingerprint density at radius 2 is 1.57 bits per heavy atom. The van der Waals surface area contributed by atoms with Gasteiger partial charge in [0.1, 0.15) is 0 Å². The molecule has 3 heterocycles. The van der Waals surface area contributed by atoms with Gasteiger partial charge in [0.05, 0.1) is 33.5 Å². The van der Waals surface area contributed by atoms with Crippen LogP contribution in [0, 0.1) is 5.92 Å². The smallest absolute Gasteiger partial charge is 0.0900 e. The van der Waals surface area contributed by atoms with E-state index in [1.165, 1.54) is 45.2 Å². The molecule has 3 aromatic carbocycles. The lowest BCUT2D eigenvalue weighted by atomic mass is 9.82. The molecule has 0 spiro atoms. The predicted octanol–water partition coefficient (Wildman–Crippen LogP) is 7.43. The molecule has 0 aromatic heterocycles. The number of rotatable bonds is 6. The van der Waals surface area contributed by atoms with E-state index in [1.54, 1.807) is 0 Å². The summed E-state index contributed by atoms with van der Waals surface area (Å²) in [4.78, 5) is 13.1. The van der Waals surface area contributed by atoms with Crippen LogP contribution < -0.4 is 10.7 Å². The van der Waals surface area contributed by atoms with Gasteiger partial charge >= 0.3 is 0 Å². The molecular formula is C35H37N5. The van der Waals surface area contributed by atoms with Gasteiger partial charge in [-0.3, -0.25) is 4.99 Å². The Kier molecular flexibility index (Phi) is 7.05. The summed E-state index contributed by atoms with van der Waals surface area (Å²) in [5.74, 6) is 0.753. The molecule has 0 saturated carbocycles. The lowest BCUT2D eigenvalue weighted by molar-refractivity contribution is 0.0569. The minimum absolute atomic E-state index is 0.753. The van der Waals surface area contributed by atoms with Crippen LogP contribution in [-0.4, -0.2) is 40.1 Å². The molecule has 7 rings (SSSR count). The van der Waals surface area contributed by atoms with E-state index in [0.29, 0.717) is 0 Å². The zero-order chi connectivity index (χ0) is 26.7. The Morgan fingerprint density at radius 3 is 2.45 bits per heavy atom. The summed E-state index contributed by atoms with van der Waals surface area (Å²) in [7, 11) is 0. The van der Waals surface area contributed by atoms with Gasteiger partial charge in [-0.05, 0) is 99.6 Å². The summed E-state index contributed by atoms with van der Waals surface area (Å²) in [5, 5.41) is 4.65. The van der Waals surface area contributed by atoms with Gasteiger partial charge in [0, 0.05) is 24.0 Å². The molecule has 0 radical (unpaired) electrons. The van der Waals surface area contributed by atoms with Crippen molar-refractivity contribution in [1.82, 2.24) is 14.5 Å². The minimum Gasteiger partial charge on any atom is -0.354 e. The van der Waals surface area contributed by atoms with Crippen LogP contribution in [0.2, 0.25) is 0 Å². The molecule has 0 bridgehead atoms. The third-order valence-electron chi connectivity index (χ3n) is 8.78. The van der Waals surface area contributed by atoms with Crippen LogP contribution in [-0.2, 0) is 0 Å². The molecule has 40 heavy (non-hydrogen) atoms. The molecule has 202 valence electrons. The molecule has 5 nitrogen and oxygen atoms in total. The quantitative estimate of drug-likeness (QED) is 0.234. The first-order valence-electron chi connectivity index (χ1n) is 14.9. The highest BCUT2D eigenvalue weighted by Crippen LogP contribution is 2.33. The van der Waals surface area contributed by atoms with Gasteiger partial charge in [-0.2, -0.15) is 0 Å². The maximum atomic E-state index is 5.28. The fraction of sp³-hybridized carbons (Fsp3) is 0.314. The molecule has 0 unspecified atom stereocenters. The van der Waals surface area contributed by atoms with Crippen LogP contribution in [0.1, 0.15) is 38.5 Å². The second-order valence-corrected chi connectivity index (χ2v) is 11.3. The second-order valence-electron chi connectivity index (χ2n) is 11.3. The van der Waals surface area contributed by atoms with Gasteiger partial charge in [-0.15, -0.1) is 0 Å². The van der Waals surface area contributed by atoms with Crippen molar-refractivity contribution < 1.29 is 0 Å². The number of nitrogens with zero attached hydrogens (tertiary/aromatic N) is 4. The fourth-order valence-electron chi connectivity index (χ4n) is 6.87. The molecular weight excluding hydrogens is 490 g/mol. The van der Waals surface area contributed by atoms with E-state index in [9.17, 15) is 0 Å². The number of piperidine rings is 2. The minimum atomic E-state index is 0.753. The Labute approximate surface area is 236 Å². The van der Waals surface area contributed by atoms with Gasteiger partial charge in [0.25, 0.3) is 0 Å². The molecule has 1 N–H and O–H groups in total. The molecule has 2 saturated heterocycles. The topological polar surface area (TPSA) is 45.5 Å². The SMILES string of the molecule is c1ccc(Nc2cc3nc4ccccc4n(-c4ccccc4)c-3cc2=NCC[C@H]2CCCN3CCCC[C@H]23)cc1. The first kappa shape index (κ1) is 25.0. The molecule has 1 aliphatic carbocycles. The summed E-state index contributed by atoms with van der Waals surface area (Å²) in [6.45, 7) is 3.42. The largest absolute Gasteiger partial charge is 0.354 e. The van der Waals surface area contributed by atoms with Crippen molar-refractivity contribution in [2.75, 3.05) is 25.0 Å². The van der Waals surface area contributed by atoms with Gasteiger partial charge in [-0.1, -0.05) is 55.0 Å². The Morgan fingerprint density at radius 1 is 0.800 bits per heavy atom. The van der Waals surface area contributed by atoms with Gasteiger partial charge in [0.15, 0.2) is 0 Å². The van der Waals surface area contributed by atoms with Crippen LogP contribution in [0.5, 0.6) is 0 Å².